The number of carbonyl (C=O) groups is 1. The van der Waals surface area contributed by atoms with Crippen molar-refractivity contribution < 1.29 is 9.90 Å². The molecule has 0 saturated carbocycles. The van der Waals surface area contributed by atoms with Crippen LogP contribution in [0.2, 0.25) is 0 Å². The lowest BCUT2D eigenvalue weighted by molar-refractivity contribution is -0.150. The summed E-state index contributed by atoms with van der Waals surface area (Å²) in [4.78, 5) is 14.0. The number of carboxylic acids is 1. The van der Waals surface area contributed by atoms with Gasteiger partial charge in [0.1, 0.15) is 0 Å². The number of aliphatic carboxylic acids is 1. The lowest BCUT2D eigenvalue weighted by Gasteiger charge is -2.53. The molecule has 1 aromatic carbocycles. The highest BCUT2D eigenvalue weighted by Gasteiger charge is 2.53. The number of hydrogen-bond acceptors (Lipinski definition) is 2. The van der Waals surface area contributed by atoms with Crippen molar-refractivity contribution in [2.24, 2.45) is 5.92 Å². The fraction of sp³-hybridized carbons (Fsp3) is 0.562. The molecule has 0 radical (unpaired) electrons. The summed E-state index contributed by atoms with van der Waals surface area (Å²) in [5.41, 5.74) is 3.61. The van der Waals surface area contributed by atoms with Gasteiger partial charge in [0.05, 0.1) is 5.92 Å². The minimum Gasteiger partial charge on any atom is -0.481 e. The molecule has 1 heterocycles. The van der Waals surface area contributed by atoms with Crippen LogP contribution in [0, 0.1) is 12.8 Å². The van der Waals surface area contributed by atoms with Gasteiger partial charge in [0.2, 0.25) is 0 Å². The molecule has 3 heteroatoms. The summed E-state index contributed by atoms with van der Waals surface area (Å²) in [6.45, 7) is 5.21. The van der Waals surface area contributed by atoms with E-state index in [0.29, 0.717) is 0 Å². The molecule has 3 nitrogen and oxygen atoms in total. The summed E-state index contributed by atoms with van der Waals surface area (Å²) in [6.07, 6.45) is 1.78. The lowest BCUT2D eigenvalue weighted by Crippen LogP contribution is -2.60. The minimum atomic E-state index is -0.647. The minimum absolute atomic E-state index is 0.131. The zero-order valence-corrected chi connectivity index (χ0v) is 11.8. The second kappa shape index (κ2) is 4.07. The molecule has 2 bridgehead atoms. The van der Waals surface area contributed by atoms with Crippen LogP contribution in [0.5, 0.6) is 0 Å². The van der Waals surface area contributed by atoms with Gasteiger partial charge in [-0.3, -0.25) is 4.79 Å². The Morgan fingerprint density at radius 3 is 2.89 bits per heavy atom. The molecule has 0 unspecified atom stereocenters. The monoisotopic (exact) mass is 259 g/mol. The van der Waals surface area contributed by atoms with Crippen LogP contribution in [0.15, 0.2) is 18.2 Å². The Hall–Kier alpha value is -1.35. The molecule has 0 aromatic heterocycles. The van der Waals surface area contributed by atoms with Crippen molar-refractivity contribution >= 4 is 5.97 Å². The summed E-state index contributed by atoms with van der Waals surface area (Å²) < 4.78 is 0. The summed E-state index contributed by atoms with van der Waals surface area (Å²) >= 11 is 0. The molecular formula is C16H21NO2. The molecule has 3 atom stereocenters. The highest BCUT2D eigenvalue weighted by atomic mass is 16.4. The molecule has 1 saturated heterocycles. The zero-order valence-electron chi connectivity index (χ0n) is 11.8. The Labute approximate surface area is 114 Å². The predicted molar refractivity (Wildman–Crippen MR) is 74.4 cm³/mol. The van der Waals surface area contributed by atoms with Crippen LogP contribution in [-0.2, 0) is 16.6 Å². The molecule has 2 aliphatic rings. The van der Waals surface area contributed by atoms with Gasteiger partial charge >= 0.3 is 5.97 Å². The van der Waals surface area contributed by atoms with E-state index in [0.717, 1.165) is 19.4 Å². The van der Waals surface area contributed by atoms with E-state index in [-0.39, 0.29) is 17.4 Å². The number of aryl methyl sites for hydroxylation is 1. The van der Waals surface area contributed by atoms with Gasteiger partial charge < -0.3 is 10.0 Å². The third kappa shape index (κ3) is 1.71. The van der Waals surface area contributed by atoms with E-state index in [2.05, 4.69) is 44.0 Å². The Bertz CT molecular complexity index is 540. The largest absolute Gasteiger partial charge is 0.481 e. The second-order valence-electron chi connectivity index (χ2n) is 6.40. The molecule has 19 heavy (non-hydrogen) atoms. The van der Waals surface area contributed by atoms with Crippen LogP contribution in [0.25, 0.3) is 0 Å². The maximum atomic E-state index is 11.8. The topological polar surface area (TPSA) is 40.5 Å². The molecule has 1 aliphatic heterocycles. The van der Waals surface area contributed by atoms with E-state index in [1.54, 1.807) is 0 Å². The van der Waals surface area contributed by atoms with Gasteiger partial charge in [0.25, 0.3) is 0 Å². The van der Waals surface area contributed by atoms with Crippen LogP contribution in [0.4, 0.5) is 0 Å². The van der Waals surface area contributed by atoms with E-state index in [1.165, 1.54) is 16.7 Å². The summed E-state index contributed by atoms with van der Waals surface area (Å²) in [6, 6.07) is 6.66. The van der Waals surface area contributed by atoms with Crippen molar-refractivity contribution in [2.45, 2.75) is 38.1 Å². The first-order valence-corrected chi connectivity index (χ1v) is 6.96. The Morgan fingerprint density at radius 2 is 2.21 bits per heavy atom. The SMILES string of the molecule is Cc1ccc2c(c1)[C@@]1(C)CCN(C)[C@H](C2)[C@@H]1C(=O)O. The van der Waals surface area contributed by atoms with Crippen molar-refractivity contribution in [3.8, 4) is 0 Å². The number of nitrogens with zero attached hydrogens (tertiary/aromatic N) is 1. The third-order valence-electron chi connectivity index (χ3n) is 5.20. The molecule has 1 N–H and O–H groups in total. The lowest BCUT2D eigenvalue weighted by atomic mass is 9.58. The fourth-order valence-electron chi connectivity index (χ4n) is 4.05. The van der Waals surface area contributed by atoms with Crippen LogP contribution in [0.3, 0.4) is 0 Å². The molecule has 1 aliphatic carbocycles. The Kier molecular flexibility index (Phi) is 2.72. The van der Waals surface area contributed by atoms with Crippen LogP contribution >= 0.6 is 0 Å². The normalized spacial score (nSPS) is 33.8. The van der Waals surface area contributed by atoms with Crippen LogP contribution in [0.1, 0.15) is 30.0 Å². The molecule has 0 spiro atoms. The molecule has 1 fully saturated rings. The molecule has 3 rings (SSSR count). The molecule has 1 aromatic rings. The number of benzene rings is 1. The van der Waals surface area contributed by atoms with Crippen LogP contribution in [-0.4, -0.2) is 35.6 Å². The van der Waals surface area contributed by atoms with Gasteiger partial charge in [0.15, 0.2) is 0 Å². The standard InChI is InChI=1S/C16H21NO2/c1-10-4-5-11-9-13-14(15(18)19)16(2,12(11)8-10)6-7-17(13)3/h4-5,8,13-14H,6-7,9H2,1-3H3,(H,18,19)/t13-,14-,16-/m1/s1. The highest BCUT2D eigenvalue weighted by molar-refractivity contribution is 5.75. The smallest absolute Gasteiger partial charge is 0.309 e. The van der Waals surface area contributed by atoms with Gasteiger partial charge in [-0.2, -0.15) is 0 Å². The maximum Gasteiger partial charge on any atom is 0.309 e. The summed E-state index contributed by atoms with van der Waals surface area (Å²) in [7, 11) is 2.05. The third-order valence-corrected chi connectivity index (χ3v) is 5.20. The van der Waals surface area contributed by atoms with Gasteiger partial charge in [-0.25, -0.2) is 0 Å². The van der Waals surface area contributed by atoms with E-state index >= 15 is 0 Å². The second-order valence-corrected chi connectivity index (χ2v) is 6.40. The van der Waals surface area contributed by atoms with Crippen molar-refractivity contribution in [3.63, 3.8) is 0 Å². The molecule has 102 valence electrons. The number of fused-ring (bicyclic) bond motifs is 4. The first kappa shape index (κ1) is 12.7. The Balaban J connectivity index is 2.19. The average Bonchev–Trinajstić information content (AvgIpc) is 2.35. The van der Waals surface area contributed by atoms with Crippen LogP contribution < -0.4 is 0 Å². The molecular weight excluding hydrogens is 238 g/mol. The van der Waals surface area contributed by atoms with E-state index in [4.69, 9.17) is 0 Å². The summed E-state index contributed by atoms with van der Waals surface area (Å²) in [5.74, 6) is -0.938. The molecule has 0 amide bonds. The number of rotatable bonds is 1. The predicted octanol–water partition coefficient (Wildman–Crippen LogP) is 2.21. The van der Waals surface area contributed by atoms with E-state index in [9.17, 15) is 9.90 Å². The van der Waals surface area contributed by atoms with Crippen molar-refractivity contribution in [2.75, 3.05) is 13.6 Å². The first-order chi connectivity index (χ1) is 8.93. The van der Waals surface area contributed by atoms with Gasteiger partial charge in [0, 0.05) is 11.5 Å². The number of likely N-dealkylation sites (tertiary alicyclic amines) is 1. The fourth-order valence-corrected chi connectivity index (χ4v) is 4.05. The van der Waals surface area contributed by atoms with Gasteiger partial charge in [-0.05, 0) is 44.5 Å². The number of carboxylic acid groups (broad SMARTS) is 1. The van der Waals surface area contributed by atoms with Crippen molar-refractivity contribution in [1.82, 2.24) is 4.90 Å². The number of hydrogen-bond donors (Lipinski definition) is 1. The van der Waals surface area contributed by atoms with Gasteiger partial charge in [-0.15, -0.1) is 0 Å². The zero-order chi connectivity index (χ0) is 13.8. The highest BCUT2D eigenvalue weighted by Crippen LogP contribution is 2.48. The van der Waals surface area contributed by atoms with Crippen molar-refractivity contribution in [1.29, 1.82) is 0 Å². The quantitative estimate of drug-likeness (QED) is 0.840. The van der Waals surface area contributed by atoms with E-state index in [1.807, 2.05) is 0 Å². The number of likely N-dealkylation sites (N-methyl/N-ethyl adjacent to an activating group) is 1. The Morgan fingerprint density at radius 1 is 1.47 bits per heavy atom. The van der Waals surface area contributed by atoms with Crippen molar-refractivity contribution in [3.05, 3.63) is 34.9 Å². The summed E-state index contributed by atoms with van der Waals surface area (Å²) in [5, 5.41) is 9.70. The van der Waals surface area contributed by atoms with Gasteiger partial charge in [-0.1, -0.05) is 30.7 Å². The average molecular weight is 259 g/mol. The maximum absolute atomic E-state index is 11.8. The number of piperidine rings is 1. The van der Waals surface area contributed by atoms with E-state index < -0.39 is 5.97 Å². The first-order valence-electron chi connectivity index (χ1n) is 6.96.